The fraction of sp³-hybridized carbons (Fsp3) is 1.00. The normalized spacial score (nSPS) is 25.6. The minimum atomic E-state index is -1.85. The molecule has 1 aliphatic rings. The van der Waals surface area contributed by atoms with Crippen molar-refractivity contribution in [3.8, 4) is 0 Å². The van der Waals surface area contributed by atoms with E-state index in [-0.39, 0.29) is 23.9 Å². The molecule has 1 heterocycles. The van der Waals surface area contributed by atoms with Gasteiger partial charge in [-0.25, -0.2) is 0 Å². The molecule has 0 radical (unpaired) electrons. The minimum absolute atomic E-state index is 0.0110. The molecule has 0 amide bonds. The van der Waals surface area contributed by atoms with E-state index in [0.29, 0.717) is 13.0 Å². The Labute approximate surface area is 118 Å². The Hall–Kier alpha value is 0.0569. The number of hydrogen-bond acceptors (Lipinski definition) is 4. The summed E-state index contributed by atoms with van der Waals surface area (Å²) in [5.74, 6) is -0.512. The lowest BCUT2D eigenvalue weighted by molar-refractivity contribution is -0.141. The predicted octanol–water partition coefficient (Wildman–Crippen LogP) is 2.91. The molecule has 1 N–H and O–H groups in total. The van der Waals surface area contributed by atoms with Crippen LogP contribution in [0.15, 0.2) is 0 Å². The zero-order valence-corrected chi connectivity index (χ0v) is 14.4. The lowest BCUT2D eigenvalue weighted by Crippen LogP contribution is -2.45. The molecular weight excluding hydrogens is 260 g/mol. The first-order valence-corrected chi connectivity index (χ1v) is 9.98. The summed E-state index contributed by atoms with van der Waals surface area (Å²) in [5, 5.41) is 9.69. The molecule has 19 heavy (non-hydrogen) atoms. The van der Waals surface area contributed by atoms with E-state index >= 15 is 0 Å². The second-order valence-electron chi connectivity index (χ2n) is 7.37. The van der Waals surface area contributed by atoms with Crippen molar-refractivity contribution in [2.45, 2.75) is 77.2 Å². The van der Waals surface area contributed by atoms with Crippen LogP contribution >= 0.6 is 0 Å². The van der Waals surface area contributed by atoms with E-state index in [2.05, 4.69) is 33.9 Å². The van der Waals surface area contributed by atoms with Gasteiger partial charge in [0.2, 0.25) is 0 Å². The minimum Gasteiger partial charge on any atom is -0.412 e. The summed E-state index contributed by atoms with van der Waals surface area (Å²) >= 11 is 0. The molecule has 0 bridgehead atoms. The summed E-state index contributed by atoms with van der Waals surface area (Å²) in [6, 6.07) is 0. The Kier molecular flexibility index (Phi) is 5.24. The number of hydrogen-bond donors (Lipinski definition) is 1. The molecule has 0 aliphatic carbocycles. The van der Waals surface area contributed by atoms with E-state index < -0.39 is 14.1 Å². The maximum absolute atomic E-state index is 9.55. The Morgan fingerprint density at radius 2 is 1.95 bits per heavy atom. The fourth-order valence-electron chi connectivity index (χ4n) is 1.93. The fourth-order valence-corrected chi connectivity index (χ4v) is 3.28. The Balaban J connectivity index is 2.56. The van der Waals surface area contributed by atoms with Crippen molar-refractivity contribution in [3.63, 3.8) is 0 Å². The van der Waals surface area contributed by atoms with Gasteiger partial charge in [0, 0.05) is 6.42 Å². The smallest absolute Gasteiger partial charge is 0.192 e. The highest BCUT2D eigenvalue weighted by Gasteiger charge is 2.40. The Bertz CT molecular complexity index is 296. The van der Waals surface area contributed by atoms with Gasteiger partial charge >= 0.3 is 0 Å². The molecule has 114 valence electrons. The number of aliphatic hydroxyl groups excluding tert-OH is 1. The third-order valence-electron chi connectivity index (χ3n) is 4.06. The third kappa shape index (κ3) is 4.83. The van der Waals surface area contributed by atoms with Gasteiger partial charge in [-0.05, 0) is 32.0 Å². The SMILES string of the molecule is CC1(C)OC[C@@H](C[C@H](CO)O[Si](C)(C)C(C)(C)C)O1. The standard InChI is InChI=1S/C14H30O4Si/c1-13(2,3)19(6,7)18-11(9-15)8-12-10-16-14(4,5)17-12/h11-12,15H,8-10H2,1-7H3/t11-,12-/m1/s1. The summed E-state index contributed by atoms with van der Waals surface area (Å²) in [6.07, 6.45) is 0.534. The van der Waals surface area contributed by atoms with Gasteiger partial charge in [-0.3, -0.25) is 0 Å². The van der Waals surface area contributed by atoms with E-state index in [1.54, 1.807) is 0 Å². The molecule has 1 rings (SSSR count). The van der Waals surface area contributed by atoms with Gasteiger partial charge in [0.25, 0.3) is 0 Å². The number of rotatable bonds is 5. The molecular formula is C14H30O4Si. The molecule has 0 spiro atoms. The Morgan fingerprint density at radius 3 is 2.32 bits per heavy atom. The summed E-state index contributed by atoms with van der Waals surface area (Å²) < 4.78 is 17.6. The molecule has 4 nitrogen and oxygen atoms in total. The van der Waals surface area contributed by atoms with Crippen LogP contribution in [0.4, 0.5) is 0 Å². The molecule has 0 aromatic heterocycles. The average Bonchev–Trinajstić information content (AvgIpc) is 2.55. The first kappa shape index (κ1) is 17.1. The first-order valence-electron chi connectivity index (χ1n) is 7.07. The highest BCUT2D eigenvalue weighted by Crippen LogP contribution is 2.38. The highest BCUT2D eigenvalue weighted by molar-refractivity contribution is 6.74. The Morgan fingerprint density at radius 1 is 1.37 bits per heavy atom. The second kappa shape index (κ2) is 5.82. The number of ether oxygens (including phenoxy) is 2. The van der Waals surface area contributed by atoms with Crippen molar-refractivity contribution >= 4 is 8.32 Å². The van der Waals surface area contributed by atoms with Crippen LogP contribution in [0.5, 0.6) is 0 Å². The van der Waals surface area contributed by atoms with Crippen molar-refractivity contribution in [2.24, 2.45) is 0 Å². The number of aliphatic hydroxyl groups is 1. The summed E-state index contributed by atoms with van der Waals surface area (Å²) in [5.41, 5.74) is 0. The van der Waals surface area contributed by atoms with Crippen LogP contribution in [0.3, 0.4) is 0 Å². The van der Waals surface area contributed by atoms with Gasteiger partial charge in [0.1, 0.15) is 0 Å². The average molecular weight is 290 g/mol. The van der Waals surface area contributed by atoms with E-state index in [0.717, 1.165) is 0 Å². The van der Waals surface area contributed by atoms with Crippen LogP contribution in [-0.2, 0) is 13.9 Å². The zero-order valence-electron chi connectivity index (χ0n) is 13.4. The molecule has 0 aromatic rings. The van der Waals surface area contributed by atoms with Crippen LogP contribution in [-0.4, -0.2) is 44.6 Å². The van der Waals surface area contributed by atoms with Gasteiger partial charge in [0.05, 0.1) is 25.4 Å². The van der Waals surface area contributed by atoms with Crippen molar-refractivity contribution in [1.82, 2.24) is 0 Å². The largest absolute Gasteiger partial charge is 0.412 e. The van der Waals surface area contributed by atoms with Gasteiger partial charge in [-0.2, -0.15) is 0 Å². The van der Waals surface area contributed by atoms with Crippen molar-refractivity contribution < 1.29 is 19.0 Å². The van der Waals surface area contributed by atoms with Crippen LogP contribution in [0.2, 0.25) is 18.1 Å². The van der Waals surface area contributed by atoms with Crippen LogP contribution in [0.1, 0.15) is 41.0 Å². The van der Waals surface area contributed by atoms with E-state index in [9.17, 15) is 5.11 Å². The van der Waals surface area contributed by atoms with Crippen LogP contribution in [0.25, 0.3) is 0 Å². The van der Waals surface area contributed by atoms with Gasteiger partial charge in [0.15, 0.2) is 14.1 Å². The van der Waals surface area contributed by atoms with Crippen LogP contribution < -0.4 is 0 Å². The predicted molar refractivity (Wildman–Crippen MR) is 78.7 cm³/mol. The molecule has 5 heteroatoms. The van der Waals surface area contributed by atoms with Crippen LogP contribution in [0, 0.1) is 0 Å². The van der Waals surface area contributed by atoms with E-state index in [1.807, 2.05) is 13.8 Å². The monoisotopic (exact) mass is 290 g/mol. The summed E-state index contributed by atoms with van der Waals surface area (Å²) in [6.45, 7) is 15.4. The lowest BCUT2D eigenvalue weighted by Gasteiger charge is -2.39. The molecule has 0 saturated carbocycles. The molecule has 1 saturated heterocycles. The third-order valence-corrected chi connectivity index (χ3v) is 8.60. The molecule has 1 fully saturated rings. The van der Waals surface area contributed by atoms with Crippen molar-refractivity contribution in [1.29, 1.82) is 0 Å². The first-order chi connectivity index (χ1) is 8.47. The quantitative estimate of drug-likeness (QED) is 0.791. The van der Waals surface area contributed by atoms with Crippen molar-refractivity contribution in [2.75, 3.05) is 13.2 Å². The highest BCUT2D eigenvalue weighted by atomic mass is 28.4. The van der Waals surface area contributed by atoms with Gasteiger partial charge in [-0.1, -0.05) is 20.8 Å². The maximum atomic E-state index is 9.55. The molecule has 0 unspecified atom stereocenters. The summed E-state index contributed by atoms with van der Waals surface area (Å²) in [7, 11) is -1.85. The van der Waals surface area contributed by atoms with Crippen molar-refractivity contribution in [3.05, 3.63) is 0 Å². The summed E-state index contributed by atoms with van der Waals surface area (Å²) in [4.78, 5) is 0. The van der Waals surface area contributed by atoms with Gasteiger partial charge in [-0.15, -0.1) is 0 Å². The lowest BCUT2D eigenvalue weighted by atomic mass is 10.2. The van der Waals surface area contributed by atoms with Gasteiger partial charge < -0.3 is 19.0 Å². The maximum Gasteiger partial charge on any atom is 0.192 e. The molecule has 2 atom stereocenters. The molecule has 0 aromatic carbocycles. The van der Waals surface area contributed by atoms with E-state index in [1.165, 1.54) is 0 Å². The van der Waals surface area contributed by atoms with E-state index in [4.69, 9.17) is 13.9 Å². The second-order valence-corrected chi connectivity index (χ2v) is 12.1. The topological polar surface area (TPSA) is 47.9 Å². The molecule has 1 aliphatic heterocycles. The zero-order chi connectivity index (χ0) is 14.9.